The van der Waals surface area contributed by atoms with Gasteiger partial charge in [0.1, 0.15) is 4.21 Å². The second kappa shape index (κ2) is 6.69. The van der Waals surface area contributed by atoms with Gasteiger partial charge in [0.15, 0.2) is 4.34 Å². The summed E-state index contributed by atoms with van der Waals surface area (Å²) in [7, 11) is -2.79. The van der Waals surface area contributed by atoms with Crippen molar-refractivity contribution in [3.63, 3.8) is 0 Å². The number of likely N-dealkylation sites (N-methyl/N-ethyl adjacent to an activating group) is 1. The van der Waals surface area contributed by atoms with Crippen LogP contribution in [0.5, 0.6) is 0 Å². The van der Waals surface area contributed by atoms with Crippen molar-refractivity contribution in [2.24, 2.45) is 0 Å². The maximum absolute atomic E-state index is 12.2. The summed E-state index contributed by atoms with van der Waals surface area (Å²) in [5, 5.41) is 13.2. The molecule has 0 aliphatic heterocycles. The van der Waals surface area contributed by atoms with Gasteiger partial charge in [0.25, 0.3) is 15.7 Å². The van der Waals surface area contributed by atoms with E-state index in [0.717, 1.165) is 10.4 Å². The number of amides is 1. The van der Waals surface area contributed by atoms with Crippen LogP contribution in [0.2, 0.25) is 4.34 Å². The normalized spacial score (nSPS) is 11.9. The van der Waals surface area contributed by atoms with Gasteiger partial charge < -0.3 is 5.32 Å². The first-order valence-electron chi connectivity index (χ1n) is 5.75. The highest BCUT2D eigenvalue weighted by molar-refractivity contribution is 7.91. The summed E-state index contributed by atoms with van der Waals surface area (Å²) in [5.41, 5.74) is -0.472. The van der Waals surface area contributed by atoms with E-state index in [-0.39, 0.29) is 21.1 Å². The van der Waals surface area contributed by atoms with Gasteiger partial charge in [-0.25, -0.2) is 8.42 Å². The van der Waals surface area contributed by atoms with Gasteiger partial charge in [-0.2, -0.15) is 4.31 Å². The number of nitro groups is 1. The van der Waals surface area contributed by atoms with E-state index in [4.69, 9.17) is 11.6 Å². The van der Waals surface area contributed by atoms with E-state index in [9.17, 15) is 23.3 Å². The van der Waals surface area contributed by atoms with Crippen LogP contribution in [0.1, 0.15) is 13.8 Å². The quantitative estimate of drug-likeness (QED) is 0.613. The van der Waals surface area contributed by atoms with Gasteiger partial charge >= 0.3 is 0 Å². The molecule has 0 aliphatic carbocycles. The molecule has 1 rings (SSSR count). The van der Waals surface area contributed by atoms with Gasteiger partial charge in [0.05, 0.1) is 11.5 Å². The van der Waals surface area contributed by atoms with E-state index in [1.807, 2.05) is 0 Å². The Labute approximate surface area is 130 Å². The summed E-state index contributed by atoms with van der Waals surface area (Å²) in [5.74, 6) is -0.465. The smallest absolute Gasteiger partial charge is 0.300 e. The van der Waals surface area contributed by atoms with E-state index in [1.165, 1.54) is 7.05 Å². The molecule has 0 fully saturated rings. The summed E-state index contributed by atoms with van der Waals surface area (Å²) >= 11 is 6.22. The minimum absolute atomic E-state index is 0.120. The number of hydrogen-bond acceptors (Lipinski definition) is 6. The molecule has 0 saturated carbocycles. The highest BCUT2D eigenvalue weighted by atomic mass is 35.5. The third-order valence-corrected chi connectivity index (χ3v) is 5.91. The second-order valence-electron chi connectivity index (χ2n) is 4.46. The van der Waals surface area contributed by atoms with Gasteiger partial charge in [-0.1, -0.05) is 11.6 Å². The number of carbonyl (C=O) groups excluding carboxylic acids is 1. The second-order valence-corrected chi connectivity index (χ2v) is 8.39. The van der Waals surface area contributed by atoms with E-state index in [0.29, 0.717) is 11.3 Å². The zero-order valence-electron chi connectivity index (χ0n) is 11.5. The Hall–Kier alpha value is -1.23. The summed E-state index contributed by atoms with van der Waals surface area (Å²) in [6, 6.07) is 0.769. The molecule has 0 spiro atoms. The number of carbonyl (C=O) groups is 1. The zero-order valence-corrected chi connectivity index (χ0v) is 13.9. The maximum Gasteiger partial charge on any atom is 0.300 e. The van der Waals surface area contributed by atoms with Gasteiger partial charge in [0.2, 0.25) is 5.91 Å². The molecule has 8 nitrogen and oxygen atoms in total. The van der Waals surface area contributed by atoms with Crippen molar-refractivity contribution in [3.8, 4) is 0 Å². The highest BCUT2D eigenvalue weighted by Gasteiger charge is 2.29. The minimum atomic E-state index is -4.00. The van der Waals surface area contributed by atoms with Crippen LogP contribution in [-0.4, -0.2) is 43.2 Å². The van der Waals surface area contributed by atoms with Crippen molar-refractivity contribution < 1.29 is 18.1 Å². The lowest BCUT2D eigenvalue weighted by Gasteiger charge is -2.16. The van der Waals surface area contributed by atoms with Crippen LogP contribution in [0, 0.1) is 10.1 Å². The molecule has 118 valence electrons. The van der Waals surface area contributed by atoms with Crippen LogP contribution in [-0.2, 0) is 14.8 Å². The maximum atomic E-state index is 12.2. The molecule has 0 saturated heterocycles. The van der Waals surface area contributed by atoms with E-state index in [2.05, 4.69) is 5.32 Å². The fraction of sp³-hybridized carbons (Fsp3) is 0.500. The molecule has 0 bridgehead atoms. The lowest BCUT2D eigenvalue weighted by atomic mass is 10.4. The Bertz CT molecular complexity index is 656. The molecule has 0 radical (unpaired) electrons. The first-order valence-corrected chi connectivity index (χ1v) is 8.38. The van der Waals surface area contributed by atoms with Gasteiger partial charge in [0, 0.05) is 19.2 Å². The molecule has 1 heterocycles. The molecular formula is C10H14ClN3O5S2. The average Bonchev–Trinajstić information content (AvgIpc) is 2.70. The topological polar surface area (TPSA) is 110 Å². The van der Waals surface area contributed by atoms with Crippen LogP contribution < -0.4 is 5.32 Å². The molecule has 1 amide bonds. The summed E-state index contributed by atoms with van der Waals surface area (Å²) in [4.78, 5) is 21.5. The van der Waals surface area contributed by atoms with Crippen molar-refractivity contribution in [1.29, 1.82) is 0 Å². The van der Waals surface area contributed by atoms with Crippen molar-refractivity contribution in [2.45, 2.75) is 24.1 Å². The standard InChI is InChI=1S/C10H14ClN3O5S2/c1-6(2)12-8(15)5-13(3)21(18,19)9-4-7(14(16)17)10(11)20-9/h4,6H,5H2,1-3H3,(H,12,15). The first-order chi connectivity index (χ1) is 9.55. The van der Waals surface area contributed by atoms with Crippen LogP contribution in [0.25, 0.3) is 0 Å². The minimum Gasteiger partial charge on any atom is -0.353 e. The lowest BCUT2D eigenvalue weighted by molar-refractivity contribution is -0.384. The van der Waals surface area contributed by atoms with Gasteiger partial charge in [-0.05, 0) is 13.8 Å². The third-order valence-electron chi connectivity index (χ3n) is 2.32. The molecule has 0 aliphatic rings. The fourth-order valence-corrected chi connectivity index (χ4v) is 4.40. The number of hydrogen-bond donors (Lipinski definition) is 1. The molecule has 0 unspecified atom stereocenters. The van der Waals surface area contributed by atoms with E-state index < -0.39 is 26.5 Å². The van der Waals surface area contributed by atoms with E-state index >= 15 is 0 Å². The third kappa shape index (κ3) is 4.37. The number of thiophene rings is 1. The Morgan fingerprint density at radius 1 is 1.57 bits per heavy atom. The van der Waals surface area contributed by atoms with Crippen LogP contribution in [0.4, 0.5) is 5.69 Å². The zero-order chi connectivity index (χ0) is 16.4. The van der Waals surface area contributed by atoms with Gasteiger partial charge in [-0.3, -0.25) is 14.9 Å². The largest absolute Gasteiger partial charge is 0.353 e. The van der Waals surface area contributed by atoms with Crippen LogP contribution in [0.15, 0.2) is 10.3 Å². The summed E-state index contributed by atoms with van der Waals surface area (Å²) < 4.78 is 24.7. The van der Waals surface area contributed by atoms with Crippen LogP contribution >= 0.6 is 22.9 Å². The number of nitrogens with zero attached hydrogens (tertiary/aromatic N) is 2. The van der Waals surface area contributed by atoms with Crippen molar-refractivity contribution in [1.82, 2.24) is 9.62 Å². The van der Waals surface area contributed by atoms with Crippen molar-refractivity contribution in [2.75, 3.05) is 13.6 Å². The molecule has 11 heteroatoms. The molecule has 1 aromatic heterocycles. The monoisotopic (exact) mass is 355 g/mol. The Balaban J connectivity index is 2.97. The summed E-state index contributed by atoms with van der Waals surface area (Å²) in [6.45, 7) is 3.10. The molecule has 21 heavy (non-hydrogen) atoms. The van der Waals surface area contributed by atoms with E-state index in [1.54, 1.807) is 13.8 Å². The fourth-order valence-electron chi connectivity index (χ4n) is 1.40. The molecule has 0 aromatic carbocycles. The number of rotatable bonds is 6. The number of halogens is 1. The van der Waals surface area contributed by atoms with Crippen LogP contribution in [0.3, 0.4) is 0 Å². The lowest BCUT2D eigenvalue weighted by Crippen LogP contribution is -2.40. The predicted octanol–water partition coefficient (Wildman–Crippen LogP) is 1.45. The average molecular weight is 356 g/mol. The summed E-state index contributed by atoms with van der Waals surface area (Å²) in [6.07, 6.45) is 0. The number of sulfonamides is 1. The Morgan fingerprint density at radius 2 is 2.14 bits per heavy atom. The van der Waals surface area contributed by atoms with Gasteiger partial charge in [-0.15, -0.1) is 11.3 Å². The molecule has 1 N–H and O–H groups in total. The Morgan fingerprint density at radius 3 is 2.57 bits per heavy atom. The molecule has 0 atom stereocenters. The highest BCUT2D eigenvalue weighted by Crippen LogP contribution is 2.37. The Kier molecular flexibility index (Phi) is 5.68. The molecular weight excluding hydrogens is 342 g/mol. The SMILES string of the molecule is CC(C)NC(=O)CN(C)S(=O)(=O)c1cc([N+](=O)[O-])c(Cl)s1. The molecule has 1 aromatic rings. The van der Waals surface area contributed by atoms with Crippen molar-refractivity contribution in [3.05, 3.63) is 20.5 Å². The van der Waals surface area contributed by atoms with Crippen molar-refractivity contribution >= 4 is 44.6 Å². The number of nitrogens with one attached hydrogen (secondary N) is 1. The first kappa shape index (κ1) is 17.8. The predicted molar refractivity (Wildman–Crippen MR) is 79.1 cm³/mol.